The van der Waals surface area contributed by atoms with Crippen LogP contribution in [0.15, 0.2) is 67.3 Å². The number of hydrogen-bond acceptors (Lipinski definition) is 4. The van der Waals surface area contributed by atoms with Crippen LogP contribution in [0, 0.1) is 0 Å². The van der Waals surface area contributed by atoms with Crippen LogP contribution in [-0.4, -0.2) is 54.0 Å². The molecule has 0 radical (unpaired) electrons. The lowest BCUT2D eigenvalue weighted by molar-refractivity contribution is 0.0471. The molecule has 0 spiro atoms. The van der Waals surface area contributed by atoms with Gasteiger partial charge >= 0.3 is 0 Å². The maximum absolute atomic E-state index is 13.2. The average molecular weight is 401 g/mol. The summed E-state index contributed by atoms with van der Waals surface area (Å²) in [5, 5.41) is 9.96. The van der Waals surface area contributed by atoms with Crippen molar-refractivity contribution in [2.24, 2.45) is 0 Å². The van der Waals surface area contributed by atoms with Gasteiger partial charge in [-0.2, -0.15) is 0 Å². The maximum Gasteiger partial charge on any atom is 0.274 e. The number of β-amino-alcohol motifs (C(OH)–C–C–N with tert-alkyl or cyclic N) is 1. The molecule has 1 atom stereocenters. The second kappa shape index (κ2) is 7.76. The van der Waals surface area contributed by atoms with E-state index in [9.17, 15) is 9.90 Å². The minimum atomic E-state index is -0.468. The number of fused-ring (bicyclic) bond motifs is 1. The SMILES string of the molecule is O=C(c1nc(-c2cn(Cc3ccccc3)cn2)n2ccccc12)N1CCCC(O)C1. The van der Waals surface area contributed by atoms with E-state index in [1.807, 2.05) is 57.8 Å². The molecule has 1 amide bonds. The van der Waals surface area contributed by atoms with Crippen LogP contribution in [0.2, 0.25) is 0 Å². The molecule has 0 saturated carbocycles. The van der Waals surface area contributed by atoms with Crippen molar-refractivity contribution < 1.29 is 9.90 Å². The third kappa shape index (κ3) is 3.48. The average Bonchev–Trinajstić information content (AvgIpc) is 3.38. The fraction of sp³-hybridized carbons (Fsp3) is 0.261. The van der Waals surface area contributed by atoms with Crippen LogP contribution in [0.3, 0.4) is 0 Å². The Bertz CT molecular complexity index is 1180. The van der Waals surface area contributed by atoms with E-state index in [2.05, 4.69) is 17.1 Å². The van der Waals surface area contributed by atoms with Crippen LogP contribution < -0.4 is 0 Å². The Morgan fingerprint density at radius 3 is 2.80 bits per heavy atom. The Balaban J connectivity index is 1.49. The van der Waals surface area contributed by atoms with Crippen molar-refractivity contribution in [1.29, 1.82) is 0 Å². The summed E-state index contributed by atoms with van der Waals surface area (Å²) in [7, 11) is 0. The van der Waals surface area contributed by atoms with Crippen molar-refractivity contribution >= 4 is 11.4 Å². The summed E-state index contributed by atoms with van der Waals surface area (Å²) in [5.41, 5.74) is 3.05. The van der Waals surface area contributed by atoms with Gasteiger partial charge in [-0.1, -0.05) is 36.4 Å². The summed E-state index contributed by atoms with van der Waals surface area (Å²) < 4.78 is 3.92. The third-order valence-corrected chi connectivity index (χ3v) is 5.51. The molecule has 4 heterocycles. The molecule has 0 bridgehead atoms. The van der Waals surface area contributed by atoms with Crippen LogP contribution in [0.25, 0.3) is 17.0 Å². The highest BCUT2D eigenvalue weighted by Gasteiger charge is 2.27. The Labute approximate surface area is 174 Å². The molecule has 5 rings (SSSR count). The minimum Gasteiger partial charge on any atom is -0.391 e. The zero-order chi connectivity index (χ0) is 20.5. The van der Waals surface area contributed by atoms with E-state index in [1.54, 1.807) is 11.2 Å². The predicted octanol–water partition coefficient (Wildman–Crippen LogP) is 2.84. The zero-order valence-electron chi connectivity index (χ0n) is 16.6. The molecule has 3 aromatic heterocycles. The molecular weight excluding hydrogens is 378 g/mol. The first-order valence-electron chi connectivity index (χ1n) is 10.2. The van der Waals surface area contributed by atoms with Gasteiger partial charge in [-0.05, 0) is 30.5 Å². The Kier molecular flexibility index (Phi) is 4.80. The number of amides is 1. The number of aliphatic hydroxyl groups excluding tert-OH is 1. The fourth-order valence-corrected chi connectivity index (χ4v) is 4.02. The number of imidazole rings is 2. The largest absolute Gasteiger partial charge is 0.391 e. The van der Waals surface area contributed by atoms with Gasteiger partial charge in [-0.3, -0.25) is 9.20 Å². The van der Waals surface area contributed by atoms with Crippen molar-refractivity contribution in [3.8, 4) is 11.5 Å². The number of benzene rings is 1. The summed E-state index contributed by atoms with van der Waals surface area (Å²) in [6.07, 6.45) is 6.70. The van der Waals surface area contributed by atoms with Gasteiger partial charge in [0.1, 0.15) is 5.69 Å². The number of rotatable bonds is 4. The highest BCUT2D eigenvalue weighted by atomic mass is 16.3. The first-order chi connectivity index (χ1) is 14.7. The monoisotopic (exact) mass is 401 g/mol. The first-order valence-corrected chi connectivity index (χ1v) is 10.2. The second-order valence-electron chi connectivity index (χ2n) is 7.70. The lowest BCUT2D eigenvalue weighted by Crippen LogP contribution is -2.42. The number of aromatic nitrogens is 4. The zero-order valence-corrected chi connectivity index (χ0v) is 16.6. The molecule has 1 fully saturated rings. The maximum atomic E-state index is 13.2. The van der Waals surface area contributed by atoms with Crippen molar-refractivity contribution in [2.75, 3.05) is 13.1 Å². The van der Waals surface area contributed by atoms with Crippen molar-refractivity contribution in [3.05, 3.63) is 78.5 Å². The van der Waals surface area contributed by atoms with Crippen LogP contribution in [0.5, 0.6) is 0 Å². The highest BCUT2D eigenvalue weighted by Crippen LogP contribution is 2.24. The molecule has 1 aliphatic heterocycles. The van der Waals surface area contributed by atoms with Gasteiger partial charge in [0.25, 0.3) is 5.91 Å². The number of piperidine rings is 1. The van der Waals surface area contributed by atoms with Gasteiger partial charge in [0.05, 0.1) is 17.9 Å². The molecule has 1 saturated heterocycles. The quantitative estimate of drug-likeness (QED) is 0.571. The van der Waals surface area contributed by atoms with Crippen LogP contribution in [0.1, 0.15) is 28.9 Å². The van der Waals surface area contributed by atoms with Gasteiger partial charge in [-0.25, -0.2) is 9.97 Å². The molecule has 7 nitrogen and oxygen atoms in total. The van der Waals surface area contributed by atoms with Crippen LogP contribution in [-0.2, 0) is 6.54 Å². The van der Waals surface area contributed by atoms with E-state index in [-0.39, 0.29) is 5.91 Å². The minimum absolute atomic E-state index is 0.146. The van der Waals surface area contributed by atoms with Gasteiger partial charge in [0, 0.05) is 32.0 Å². The highest BCUT2D eigenvalue weighted by molar-refractivity contribution is 6.00. The Hall–Kier alpha value is -3.45. The number of aliphatic hydroxyl groups is 1. The van der Waals surface area contributed by atoms with Crippen molar-refractivity contribution in [3.63, 3.8) is 0 Å². The normalized spacial score (nSPS) is 16.8. The van der Waals surface area contributed by atoms with E-state index in [4.69, 9.17) is 4.98 Å². The van der Waals surface area contributed by atoms with Gasteiger partial charge in [0.2, 0.25) is 0 Å². The molecule has 152 valence electrons. The standard InChI is InChI=1S/C23H23N5O2/c29-18-9-6-11-27(14-18)23(30)21-20-10-4-5-12-28(20)22(25-21)19-15-26(16-24-19)13-17-7-2-1-3-8-17/h1-5,7-8,10,12,15-16,18,29H,6,9,11,13-14H2. The third-order valence-electron chi connectivity index (χ3n) is 5.51. The van der Waals surface area contributed by atoms with E-state index in [1.165, 1.54) is 5.56 Å². The number of carbonyl (C=O) groups excluding carboxylic acids is 1. The molecule has 1 aliphatic rings. The van der Waals surface area contributed by atoms with E-state index >= 15 is 0 Å². The molecule has 1 unspecified atom stereocenters. The van der Waals surface area contributed by atoms with Crippen molar-refractivity contribution in [1.82, 2.24) is 23.8 Å². The summed E-state index contributed by atoms with van der Waals surface area (Å²) in [6.45, 7) is 1.71. The second-order valence-corrected chi connectivity index (χ2v) is 7.70. The molecular formula is C23H23N5O2. The predicted molar refractivity (Wildman–Crippen MR) is 113 cm³/mol. The topological polar surface area (TPSA) is 75.7 Å². The van der Waals surface area contributed by atoms with Crippen LogP contribution in [0.4, 0.5) is 0 Å². The van der Waals surface area contributed by atoms with E-state index in [0.717, 1.165) is 18.4 Å². The number of likely N-dealkylation sites (tertiary alicyclic amines) is 1. The summed E-state index contributed by atoms with van der Waals surface area (Å²) in [6, 6.07) is 15.9. The Morgan fingerprint density at radius 2 is 1.97 bits per heavy atom. The lowest BCUT2D eigenvalue weighted by atomic mass is 10.1. The van der Waals surface area contributed by atoms with Crippen molar-refractivity contribution in [2.45, 2.75) is 25.5 Å². The fourth-order valence-electron chi connectivity index (χ4n) is 4.02. The summed E-state index contributed by atoms with van der Waals surface area (Å²) in [4.78, 5) is 24.1. The molecule has 7 heteroatoms. The number of carbonyl (C=O) groups is 1. The van der Waals surface area contributed by atoms with Gasteiger partial charge < -0.3 is 14.6 Å². The van der Waals surface area contributed by atoms with Gasteiger partial charge in [0.15, 0.2) is 11.5 Å². The van der Waals surface area contributed by atoms with Gasteiger partial charge in [-0.15, -0.1) is 0 Å². The number of nitrogens with zero attached hydrogens (tertiary/aromatic N) is 5. The number of hydrogen-bond donors (Lipinski definition) is 1. The summed E-state index contributed by atoms with van der Waals surface area (Å²) in [5.74, 6) is 0.491. The molecule has 0 aliphatic carbocycles. The number of pyridine rings is 1. The molecule has 1 aromatic carbocycles. The molecule has 4 aromatic rings. The van der Waals surface area contributed by atoms with E-state index < -0.39 is 6.10 Å². The Morgan fingerprint density at radius 1 is 1.13 bits per heavy atom. The summed E-state index contributed by atoms with van der Waals surface area (Å²) >= 11 is 0. The smallest absolute Gasteiger partial charge is 0.274 e. The molecule has 1 N–H and O–H groups in total. The molecule has 30 heavy (non-hydrogen) atoms. The van der Waals surface area contributed by atoms with E-state index in [0.29, 0.717) is 36.8 Å². The lowest BCUT2D eigenvalue weighted by Gasteiger charge is -2.29. The first kappa shape index (κ1) is 18.6. The van der Waals surface area contributed by atoms with Crippen LogP contribution >= 0.6 is 0 Å².